The van der Waals surface area contributed by atoms with E-state index in [9.17, 15) is 9.90 Å². The lowest BCUT2D eigenvalue weighted by Crippen LogP contribution is -2.39. The van der Waals surface area contributed by atoms with Crippen molar-refractivity contribution in [3.05, 3.63) is 47.3 Å². The van der Waals surface area contributed by atoms with E-state index >= 15 is 0 Å². The van der Waals surface area contributed by atoms with Gasteiger partial charge in [0.2, 0.25) is 5.76 Å². The van der Waals surface area contributed by atoms with Crippen molar-refractivity contribution in [1.82, 2.24) is 15.0 Å². The number of rotatable bonds is 5. The molecule has 2 saturated heterocycles. The number of likely N-dealkylation sites (tertiary alicyclic amines) is 2. The largest absolute Gasteiger partial charge is 0.496 e. The third kappa shape index (κ3) is 4.62. The molecule has 0 radical (unpaired) electrons. The zero-order chi connectivity index (χ0) is 20.2. The van der Waals surface area contributed by atoms with Gasteiger partial charge in [0.15, 0.2) is 0 Å². The Morgan fingerprint density at radius 2 is 2.03 bits per heavy atom. The van der Waals surface area contributed by atoms with Crippen LogP contribution < -0.4 is 4.74 Å². The van der Waals surface area contributed by atoms with E-state index in [1.807, 2.05) is 24.3 Å². The van der Waals surface area contributed by atoms with Crippen LogP contribution in [0.1, 0.15) is 53.4 Å². The van der Waals surface area contributed by atoms with E-state index in [1.54, 1.807) is 12.0 Å². The van der Waals surface area contributed by atoms with E-state index in [0.29, 0.717) is 31.7 Å². The Hall–Kier alpha value is -2.38. The summed E-state index contributed by atoms with van der Waals surface area (Å²) < 4.78 is 10.9. The van der Waals surface area contributed by atoms with Gasteiger partial charge in [0.25, 0.3) is 5.91 Å². The van der Waals surface area contributed by atoms with Gasteiger partial charge >= 0.3 is 0 Å². The zero-order valence-corrected chi connectivity index (χ0v) is 16.9. The Kier molecular flexibility index (Phi) is 6.16. The molecule has 0 spiro atoms. The standard InChI is InChI=1S/C22H29N3O4/c1-28-20-7-3-2-5-17(20)15-24-10-4-6-16(14-24)19-13-21(29-23-19)22(27)25-11-8-18(26)9-12-25/h2-3,5,7,13,16,18,26H,4,6,8-12,14-15H2,1H3/t16-/m0/s1. The van der Waals surface area contributed by atoms with Gasteiger partial charge in [-0.15, -0.1) is 0 Å². The van der Waals surface area contributed by atoms with E-state index in [1.165, 1.54) is 5.56 Å². The van der Waals surface area contributed by atoms with Crippen molar-refractivity contribution in [2.75, 3.05) is 33.3 Å². The highest BCUT2D eigenvalue weighted by Crippen LogP contribution is 2.29. The van der Waals surface area contributed by atoms with Gasteiger partial charge in [-0.25, -0.2) is 0 Å². The Labute approximate surface area is 171 Å². The number of hydrogen-bond acceptors (Lipinski definition) is 6. The van der Waals surface area contributed by atoms with Crippen molar-refractivity contribution >= 4 is 5.91 Å². The Balaban J connectivity index is 1.39. The quantitative estimate of drug-likeness (QED) is 0.833. The first-order chi connectivity index (χ1) is 14.1. The van der Waals surface area contributed by atoms with Crippen molar-refractivity contribution in [3.63, 3.8) is 0 Å². The second kappa shape index (κ2) is 8.97. The number of ether oxygens (including phenoxy) is 1. The van der Waals surface area contributed by atoms with Gasteiger partial charge in [0.05, 0.1) is 18.9 Å². The number of aromatic nitrogens is 1. The summed E-state index contributed by atoms with van der Waals surface area (Å²) in [5, 5.41) is 13.9. The topological polar surface area (TPSA) is 79.0 Å². The van der Waals surface area contributed by atoms with E-state index in [2.05, 4.69) is 16.1 Å². The van der Waals surface area contributed by atoms with Crippen LogP contribution in [0, 0.1) is 0 Å². The number of piperidine rings is 2. The molecule has 0 saturated carbocycles. The number of carbonyl (C=O) groups excluding carboxylic acids is 1. The highest BCUT2D eigenvalue weighted by atomic mass is 16.5. The van der Waals surface area contributed by atoms with Crippen LogP contribution in [0.2, 0.25) is 0 Å². The lowest BCUT2D eigenvalue weighted by atomic mass is 9.94. The Bertz CT molecular complexity index is 829. The van der Waals surface area contributed by atoms with Gasteiger partial charge in [0, 0.05) is 43.7 Å². The third-order valence-electron chi connectivity index (χ3n) is 6.00. The summed E-state index contributed by atoms with van der Waals surface area (Å²) in [6.07, 6.45) is 3.06. The van der Waals surface area contributed by atoms with E-state index in [-0.39, 0.29) is 17.9 Å². The minimum atomic E-state index is -0.305. The number of aliphatic hydroxyl groups excluding tert-OH is 1. The molecule has 2 fully saturated rings. The maximum atomic E-state index is 12.7. The Morgan fingerprint density at radius 1 is 1.24 bits per heavy atom. The molecule has 0 aliphatic carbocycles. The first kappa shape index (κ1) is 19.9. The summed E-state index contributed by atoms with van der Waals surface area (Å²) in [6.45, 7) is 3.88. The molecule has 1 amide bonds. The molecule has 2 aliphatic rings. The molecule has 0 bridgehead atoms. The molecule has 29 heavy (non-hydrogen) atoms. The van der Waals surface area contributed by atoms with Gasteiger partial charge in [-0.2, -0.15) is 0 Å². The molecule has 7 nitrogen and oxygen atoms in total. The first-order valence-corrected chi connectivity index (χ1v) is 10.4. The normalized spacial score (nSPS) is 21.3. The van der Waals surface area contributed by atoms with Gasteiger partial charge in [-0.3, -0.25) is 9.69 Å². The van der Waals surface area contributed by atoms with Crippen molar-refractivity contribution in [1.29, 1.82) is 0 Å². The molecular formula is C22H29N3O4. The van der Waals surface area contributed by atoms with Crippen molar-refractivity contribution in [3.8, 4) is 5.75 Å². The Morgan fingerprint density at radius 3 is 2.83 bits per heavy atom. The minimum absolute atomic E-state index is 0.127. The van der Waals surface area contributed by atoms with Crippen LogP contribution in [0.3, 0.4) is 0 Å². The molecule has 2 aromatic rings. The molecular weight excluding hydrogens is 370 g/mol. The molecule has 1 atom stereocenters. The molecule has 7 heteroatoms. The van der Waals surface area contributed by atoms with Crippen LogP contribution in [0.4, 0.5) is 0 Å². The zero-order valence-electron chi connectivity index (χ0n) is 16.9. The fourth-order valence-electron chi connectivity index (χ4n) is 4.32. The first-order valence-electron chi connectivity index (χ1n) is 10.4. The number of nitrogens with zero attached hydrogens (tertiary/aromatic N) is 3. The predicted octanol–water partition coefficient (Wildman–Crippen LogP) is 2.66. The van der Waals surface area contributed by atoms with E-state index in [4.69, 9.17) is 9.26 Å². The summed E-state index contributed by atoms with van der Waals surface area (Å²) in [7, 11) is 1.70. The van der Waals surface area contributed by atoms with Crippen LogP contribution in [0.5, 0.6) is 5.75 Å². The number of benzene rings is 1. The number of aliphatic hydroxyl groups is 1. The number of amides is 1. The molecule has 3 heterocycles. The smallest absolute Gasteiger partial charge is 0.292 e. The second-order valence-electron chi connectivity index (χ2n) is 8.03. The summed E-state index contributed by atoms with van der Waals surface area (Å²) in [4.78, 5) is 16.8. The highest BCUT2D eigenvalue weighted by molar-refractivity contribution is 5.91. The van der Waals surface area contributed by atoms with Crippen molar-refractivity contribution in [2.24, 2.45) is 0 Å². The van der Waals surface area contributed by atoms with Crippen molar-refractivity contribution in [2.45, 2.75) is 44.2 Å². The summed E-state index contributed by atoms with van der Waals surface area (Å²) in [6, 6.07) is 9.92. The predicted molar refractivity (Wildman–Crippen MR) is 108 cm³/mol. The van der Waals surface area contributed by atoms with Crippen molar-refractivity contribution < 1.29 is 19.2 Å². The van der Waals surface area contributed by atoms with Crippen LogP contribution in [-0.4, -0.2) is 65.4 Å². The van der Waals surface area contributed by atoms with E-state index in [0.717, 1.165) is 43.9 Å². The lowest BCUT2D eigenvalue weighted by Gasteiger charge is -2.32. The van der Waals surface area contributed by atoms with Crippen LogP contribution >= 0.6 is 0 Å². The second-order valence-corrected chi connectivity index (χ2v) is 8.03. The van der Waals surface area contributed by atoms with Gasteiger partial charge in [-0.1, -0.05) is 23.4 Å². The number of methoxy groups -OCH3 is 1. The number of carbonyl (C=O) groups is 1. The maximum Gasteiger partial charge on any atom is 0.292 e. The summed E-state index contributed by atoms with van der Waals surface area (Å²) in [5.41, 5.74) is 2.04. The highest BCUT2D eigenvalue weighted by Gasteiger charge is 2.28. The SMILES string of the molecule is COc1ccccc1CN1CCC[C@H](c2cc(C(=O)N3CCC(O)CC3)on2)C1. The third-order valence-corrected chi connectivity index (χ3v) is 6.00. The molecule has 4 rings (SSSR count). The number of hydrogen-bond donors (Lipinski definition) is 1. The van der Waals surface area contributed by atoms with Gasteiger partial charge in [0.1, 0.15) is 5.75 Å². The lowest BCUT2D eigenvalue weighted by molar-refractivity contribution is 0.0512. The molecule has 1 aromatic heterocycles. The fraction of sp³-hybridized carbons (Fsp3) is 0.545. The monoisotopic (exact) mass is 399 g/mol. The molecule has 2 aliphatic heterocycles. The van der Waals surface area contributed by atoms with Crippen LogP contribution in [0.15, 0.2) is 34.9 Å². The molecule has 156 valence electrons. The van der Waals surface area contributed by atoms with Gasteiger partial charge in [-0.05, 0) is 38.3 Å². The average molecular weight is 399 g/mol. The summed E-state index contributed by atoms with van der Waals surface area (Å²) in [5.74, 6) is 1.35. The van der Waals surface area contributed by atoms with Crippen LogP contribution in [0.25, 0.3) is 0 Å². The minimum Gasteiger partial charge on any atom is -0.496 e. The van der Waals surface area contributed by atoms with E-state index < -0.39 is 0 Å². The fourth-order valence-corrected chi connectivity index (χ4v) is 4.32. The maximum absolute atomic E-state index is 12.7. The molecule has 1 aromatic carbocycles. The van der Waals surface area contributed by atoms with Gasteiger partial charge < -0.3 is 19.3 Å². The summed E-state index contributed by atoms with van der Waals surface area (Å²) >= 11 is 0. The molecule has 1 N–H and O–H groups in total. The number of para-hydroxylation sites is 1. The van der Waals surface area contributed by atoms with Crippen LogP contribution in [-0.2, 0) is 6.54 Å². The average Bonchev–Trinajstić information content (AvgIpc) is 3.25. The molecule has 0 unspecified atom stereocenters.